The van der Waals surface area contributed by atoms with E-state index in [9.17, 15) is 4.79 Å². The molecule has 1 amide bonds. The maximum atomic E-state index is 12.4. The highest BCUT2D eigenvalue weighted by Crippen LogP contribution is 2.38. The maximum Gasteiger partial charge on any atom is 0.239 e. The number of likely N-dealkylation sites (tertiary alicyclic amines) is 2. The third kappa shape index (κ3) is 1.87. The number of rotatable bonds is 2. The molecule has 0 bridgehead atoms. The second kappa shape index (κ2) is 4.25. The lowest BCUT2D eigenvalue weighted by atomic mass is 9.87. The molecule has 0 aliphatic carbocycles. The lowest BCUT2D eigenvalue weighted by Gasteiger charge is -2.41. The number of likely N-dealkylation sites (N-methyl/N-ethyl adjacent to an activating group) is 1. The zero-order valence-electron chi connectivity index (χ0n) is 10.7. The number of carbonyl (C=O) groups is 1. The van der Waals surface area contributed by atoms with Crippen LogP contribution in [0.3, 0.4) is 0 Å². The van der Waals surface area contributed by atoms with Crippen molar-refractivity contribution in [2.24, 2.45) is 5.41 Å². The lowest BCUT2D eigenvalue weighted by molar-refractivity contribution is -0.140. The fraction of sp³-hybridized carbons (Fsp3) is 0.923. The van der Waals surface area contributed by atoms with Crippen LogP contribution in [0.2, 0.25) is 0 Å². The van der Waals surface area contributed by atoms with Gasteiger partial charge in [-0.2, -0.15) is 0 Å². The highest BCUT2D eigenvalue weighted by atomic mass is 16.5. The van der Waals surface area contributed by atoms with Gasteiger partial charge in [0.15, 0.2) is 0 Å². The molecule has 0 saturated carbocycles. The SMILES string of the molecule is CCN1CC[C@H]1C(=O)N1CCC2(CCOC2)C1. The van der Waals surface area contributed by atoms with Gasteiger partial charge < -0.3 is 9.64 Å². The molecule has 3 fully saturated rings. The van der Waals surface area contributed by atoms with E-state index in [2.05, 4.69) is 16.7 Å². The molecule has 2 atom stereocenters. The average Bonchev–Trinajstić information content (AvgIpc) is 2.89. The number of carbonyl (C=O) groups excluding carboxylic acids is 1. The van der Waals surface area contributed by atoms with E-state index in [1.807, 2.05) is 0 Å². The van der Waals surface area contributed by atoms with Gasteiger partial charge >= 0.3 is 0 Å². The quantitative estimate of drug-likeness (QED) is 0.710. The first-order chi connectivity index (χ1) is 8.24. The van der Waals surface area contributed by atoms with Gasteiger partial charge in [0.1, 0.15) is 0 Å². The van der Waals surface area contributed by atoms with E-state index in [0.717, 1.165) is 58.7 Å². The molecule has 3 heterocycles. The Kier molecular flexibility index (Phi) is 2.87. The third-order valence-electron chi connectivity index (χ3n) is 4.76. The molecule has 3 saturated heterocycles. The number of hydrogen-bond donors (Lipinski definition) is 0. The van der Waals surface area contributed by atoms with Gasteiger partial charge in [-0.05, 0) is 25.8 Å². The Morgan fingerprint density at radius 1 is 1.41 bits per heavy atom. The van der Waals surface area contributed by atoms with Crippen molar-refractivity contribution in [1.82, 2.24) is 9.80 Å². The smallest absolute Gasteiger partial charge is 0.239 e. The third-order valence-corrected chi connectivity index (χ3v) is 4.76. The molecule has 4 heteroatoms. The largest absolute Gasteiger partial charge is 0.381 e. The number of hydrogen-bond acceptors (Lipinski definition) is 3. The average molecular weight is 238 g/mol. The molecule has 3 aliphatic heterocycles. The van der Waals surface area contributed by atoms with Crippen LogP contribution in [0.1, 0.15) is 26.2 Å². The van der Waals surface area contributed by atoms with Crippen LogP contribution in [0.15, 0.2) is 0 Å². The minimum atomic E-state index is 0.178. The molecular formula is C13H22N2O2. The monoisotopic (exact) mass is 238 g/mol. The molecule has 4 nitrogen and oxygen atoms in total. The summed E-state index contributed by atoms with van der Waals surface area (Å²) in [6.07, 6.45) is 3.32. The summed E-state index contributed by atoms with van der Waals surface area (Å²) in [5, 5.41) is 0. The van der Waals surface area contributed by atoms with E-state index in [-0.39, 0.29) is 6.04 Å². The van der Waals surface area contributed by atoms with Crippen LogP contribution in [0.4, 0.5) is 0 Å². The van der Waals surface area contributed by atoms with Gasteiger partial charge in [0.05, 0.1) is 12.6 Å². The fourth-order valence-electron chi connectivity index (χ4n) is 3.40. The summed E-state index contributed by atoms with van der Waals surface area (Å²) < 4.78 is 5.51. The molecule has 3 rings (SSSR count). The van der Waals surface area contributed by atoms with Gasteiger partial charge in [-0.25, -0.2) is 0 Å². The zero-order valence-corrected chi connectivity index (χ0v) is 10.7. The van der Waals surface area contributed by atoms with E-state index in [0.29, 0.717) is 11.3 Å². The molecule has 3 aliphatic rings. The van der Waals surface area contributed by atoms with Crippen LogP contribution in [0.5, 0.6) is 0 Å². The molecular weight excluding hydrogens is 216 g/mol. The Hall–Kier alpha value is -0.610. The molecule has 0 aromatic rings. The Balaban J connectivity index is 1.60. The first-order valence-corrected chi connectivity index (χ1v) is 6.85. The van der Waals surface area contributed by atoms with Gasteiger partial charge in [-0.15, -0.1) is 0 Å². The van der Waals surface area contributed by atoms with Crippen molar-refractivity contribution in [2.45, 2.75) is 32.2 Å². The highest BCUT2D eigenvalue weighted by molar-refractivity contribution is 5.83. The van der Waals surface area contributed by atoms with Crippen LogP contribution in [-0.2, 0) is 9.53 Å². The van der Waals surface area contributed by atoms with E-state index >= 15 is 0 Å². The molecule has 0 aromatic carbocycles. The van der Waals surface area contributed by atoms with Crippen molar-refractivity contribution in [1.29, 1.82) is 0 Å². The molecule has 0 N–H and O–H groups in total. The van der Waals surface area contributed by atoms with Crippen molar-refractivity contribution < 1.29 is 9.53 Å². The Labute approximate surface area is 103 Å². The second-order valence-corrected chi connectivity index (χ2v) is 5.75. The zero-order chi connectivity index (χ0) is 11.9. The normalized spacial score (nSPS) is 37.7. The fourth-order valence-corrected chi connectivity index (χ4v) is 3.40. The molecule has 0 radical (unpaired) electrons. The second-order valence-electron chi connectivity index (χ2n) is 5.75. The van der Waals surface area contributed by atoms with Gasteiger partial charge in [0.25, 0.3) is 0 Å². The van der Waals surface area contributed by atoms with Crippen molar-refractivity contribution in [3.63, 3.8) is 0 Å². The highest BCUT2D eigenvalue weighted by Gasteiger charge is 2.45. The summed E-state index contributed by atoms with van der Waals surface area (Å²) in [6.45, 7) is 7.84. The van der Waals surface area contributed by atoms with Gasteiger partial charge in [0.2, 0.25) is 5.91 Å². The molecule has 1 spiro atoms. The Bertz CT molecular complexity index is 311. The van der Waals surface area contributed by atoms with Crippen molar-refractivity contribution in [3.05, 3.63) is 0 Å². The van der Waals surface area contributed by atoms with Crippen LogP contribution < -0.4 is 0 Å². The van der Waals surface area contributed by atoms with E-state index in [1.54, 1.807) is 0 Å². The van der Waals surface area contributed by atoms with Gasteiger partial charge in [-0.3, -0.25) is 9.69 Å². The summed E-state index contributed by atoms with van der Waals surface area (Å²) in [4.78, 5) is 16.7. The van der Waals surface area contributed by atoms with Crippen molar-refractivity contribution in [3.8, 4) is 0 Å². The number of ether oxygens (including phenoxy) is 1. The molecule has 1 unspecified atom stereocenters. The minimum Gasteiger partial charge on any atom is -0.381 e. The summed E-state index contributed by atoms with van der Waals surface area (Å²) in [7, 11) is 0. The lowest BCUT2D eigenvalue weighted by Crippen LogP contribution is -2.56. The van der Waals surface area contributed by atoms with E-state index in [4.69, 9.17) is 4.74 Å². The van der Waals surface area contributed by atoms with Gasteiger partial charge in [0, 0.05) is 31.7 Å². The predicted octanol–water partition coefficient (Wildman–Crippen LogP) is 0.720. The van der Waals surface area contributed by atoms with Crippen LogP contribution >= 0.6 is 0 Å². The van der Waals surface area contributed by atoms with Crippen molar-refractivity contribution in [2.75, 3.05) is 39.4 Å². The van der Waals surface area contributed by atoms with E-state index in [1.165, 1.54) is 0 Å². The topological polar surface area (TPSA) is 32.8 Å². The minimum absolute atomic E-state index is 0.178. The van der Waals surface area contributed by atoms with Crippen LogP contribution in [0.25, 0.3) is 0 Å². The first kappa shape index (κ1) is 11.5. The Morgan fingerprint density at radius 2 is 2.29 bits per heavy atom. The predicted molar refractivity (Wildman–Crippen MR) is 64.7 cm³/mol. The number of nitrogens with zero attached hydrogens (tertiary/aromatic N) is 2. The van der Waals surface area contributed by atoms with Crippen LogP contribution in [-0.4, -0.2) is 61.1 Å². The summed E-state index contributed by atoms with van der Waals surface area (Å²) in [5.41, 5.74) is 0.302. The number of amides is 1. The summed E-state index contributed by atoms with van der Waals surface area (Å²) >= 11 is 0. The molecule has 96 valence electrons. The van der Waals surface area contributed by atoms with Gasteiger partial charge in [-0.1, -0.05) is 6.92 Å². The first-order valence-electron chi connectivity index (χ1n) is 6.85. The summed E-state index contributed by atoms with van der Waals surface area (Å²) in [6, 6.07) is 0.178. The molecule has 0 aromatic heterocycles. The Morgan fingerprint density at radius 3 is 2.88 bits per heavy atom. The van der Waals surface area contributed by atoms with E-state index < -0.39 is 0 Å². The standard InChI is InChI=1S/C13H22N2O2/c1-2-14-6-3-11(14)12(16)15-7-4-13(9-15)5-8-17-10-13/h11H,2-10H2,1H3/t11-,13?/m0/s1. The van der Waals surface area contributed by atoms with Crippen LogP contribution in [0, 0.1) is 5.41 Å². The van der Waals surface area contributed by atoms with Crippen molar-refractivity contribution >= 4 is 5.91 Å². The summed E-state index contributed by atoms with van der Waals surface area (Å²) in [5.74, 6) is 0.363. The molecule has 17 heavy (non-hydrogen) atoms. The maximum absolute atomic E-state index is 12.4.